The molecule has 0 amide bonds. The van der Waals surface area contributed by atoms with Gasteiger partial charge in [0.25, 0.3) is 0 Å². The number of hydrogen-bond acceptors (Lipinski definition) is 3. The fraction of sp³-hybridized carbons (Fsp3) is 0.700. The van der Waals surface area contributed by atoms with E-state index in [4.69, 9.17) is 16.3 Å². The van der Waals surface area contributed by atoms with Crippen molar-refractivity contribution in [3.05, 3.63) is 0 Å². The lowest BCUT2D eigenvalue weighted by Crippen LogP contribution is -2.14. The van der Waals surface area contributed by atoms with Crippen molar-refractivity contribution >= 4 is 17.7 Å². The molecular weight excluding hydrogens is 200 g/mol. The number of thioether (sulfide) groups is 1. The molecule has 1 aliphatic heterocycles. The number of carboxylic acid groups (broad SMARTS) is 1. The number of terminal acetylenes is 1. The zero-order valence-corrected chi connectivity index (χ0v) is 8.76. The summed E-state index contributed by atoms with van der Waals surface area (Å²) in [6.45, 7) is 0. The van der Waals surface area contributed by atoms with Crippen molar-refractivity contribution in [1.82, 2.24) is 0 Å². The Balaban J connectivity index is 2.10. The van der Waals surface area contributed by atoms with E-state index in [1.54, 1.807) is 0 Å². The first kappa shape index (κ1) is 11.4. The molecule has 0 spiro atoms. The van der Waals surface area contributed by atoms with Crippen LogP contribution >= 0.6 is 11.8 Å². The topological polar surface area (TPSA) is 46.5 Å². The number of aliphatic carboxylic acids is 1. The summed E-state index contributed by atoms with van der Waals surface area (Å²) in [7, 11) is 0. The average molecular weight is 214 g/mol. The number of carboxylic acids is 1. The van der Waals surface area contributed by atoms with Gasteiger partial charge in [0.15, 0.2) is 0 Å². The summed E-state index contributed by atoms with van der Waals surface area (Å²) >= 11 is 1.40. The number of carbonyl (C=O) groups is 1. The number of ether oxygens (including phenoxy) is 1. The molecule has 14 heavy (non-hydrogen) atoms. The van der Waals surface area contributed by atoms with Crippen LogP contribution in [-0.2, 0) is 9.53 Å². The lowest BCUT2D eigenvalue weighted by Gasteiger charge is -2.10. The van der Waals surface area contributed by atoms with Crippen LogP contribution in [0, 0.1) is 12.3 Å². The molecule has 1 saturated heterocycles. The monoisotopic (exact) mass is 214 g/mol. The van der Waals surface area contributed by atoms with Crippen LogP contribution < -0.4 is 0 Å². The van der Waals surface area contributed by atoms with Crippen molar-refractivity contribution in [2.75, 3.05) is 11.5 Å². The summed E-state index contributed by atoms with van der Waals surface area (Å²) in [5.41, 5.74) is 0. The molecule has 1 rings (SSSR count). The molecule has 0 bridgehead atoms. The van der Waals surface area contributed by atoms with Gasteiger partial charge in [0.05, 0.1) is 18.0 Å². The Labute approximate surface area is 88.2 Å². The van der Waals surface area contributed by atoms with Gasteiger partial charge in [-0.3, -0.25) is 4.79 Å². The van der Waals surface area contributed by atoms with Crippen LogP contribution in [0.1, 0.15) is 19.3 Å². The molecule has 4 heteroatoms. The normalized spacial score (nSPS) is 25.9. The van der Waals surface area contributed by atoms with E-state index in [0.29, 0.717) is 6.42 Å². The van der Waals surface area contributed by atoms with Crippen molar-refractivity contribution in [3.63, 3.8) is 0 Å². The minimum atomic E-state index is -0.770. The Morgan fingerprint density at radius 3 is 2.93 bits per heavy atom. The van der Waals surface area contributed by atoms with E-state index in [1.165, 1.54) is 11.8 Å². The van der Waals surface area contributed by atoms with E-state index in [-0.39, 0.29) is 18.0 Å². The van der Waals surface area contributed by atoms with E-state index in [9.17, 15) is 4.79 Å². The first-order valence-electron chi connectivity index (χ1n) is 4.61. The van der Waals surface area contributed by atoms with Gasteiger partial charge in [-0.1, -0.05) is 0 Å². The fourth-order valence-corrected chi connectivity index (χ4v) is 2.26. The largest absolute Gasteiger partial charge is 0.481 e. The van der Waals surface area contributed by atoms with Crippen molar-refractivity contribution in [3.8, 4) is 12.3 Å². The predicted octanol–water partition coefficient (Wildman–Crippen LogP) is 1.38. The van der Waals surface area contributed by atoms with E-state index >= 15 is 0 Å². The SMILES string of the molecule is C#CCC1CCC(CSCC(=O)O)O1. The maximum absolute atomic E-state index is 10.3. The molecule has 2 atom stereocenters. The lowest BCUT2D eigenvalue weighted by molar-refractivity contribution is -0.133. The van der Waals surface area contributed by atoms with Crippen LogP contribution in [0.5, 0.6) is 0 Å². The summed E-state index contributed by atoms with van der Waals surface area (Å²) in [6, 6.07) is 0. The van der Waals surface area contributed by atoms with E-state index in [0.717, 1.165) is 18.6 Å². The third-order valence-electron chi connectivity index (χ3n) is 2.07. The van der Waals surface area contributed by atoms with Gasteiger partial charge >= 0.3 is 5.97 Å². The maximum atomic E-state index is 10.3. The molecule has 78 valence electrons. The molecule has 0 saturated carbocycles. The second kappa shape index (κ2) is 5.94. The highest BCUT2D eigenvalue weighted by atomic mass is 32.2. The molecule has 1 fully saturated rings. The van der Waals surface area contributed by atoms with Crippen LogP contribution in [0.3, 0.4) is 0 Å². The van der Waals surface area contributed by atoms with Crippen LogP contribution in [0.15, 0.2) is 0 Å². The Bertz CT molecular complexity index is 234. The van der Waals surface area contributed by atoms with Gasteiger partial charge in [0.2, 0.25) is 0 Å². The first-order valence-corrected chi connectivity index (χ1v) is 5.76. The summed E-state index contributed by atoms with van der Waals surface area (Å²) in [4.78, 5) is 10.3. The highest BCUT2D eigenvalue weighted by Gasteiger charge is 2.24. The van der Waals surface area contributed by atoms with Crippen LogP contribution in [0.2, 0.25) is 0 Å². The highest BCUT2D eigenvalue weighted by Crippen LogP contribution is 2.24. The molecule has 1 heterocycles. The predicted molar refractivity (Wildman–Crippen MR) is 56.3 cm³/mol. The molecule has 1 N–H and O–H groups in total. The van der Waals surface area contributed by atoms with Crippen LogP contribution in [0.25, 0.3) is 0 Å². The summed E-state index contributed by atoms with van der Waals surface area (Å²) in [5.74, 6) is 2.72. The molecular formula is C10H14O3S. The van der Waals surface area contributed by atoms with Gasteiger partial charge in [-0.05, 0) is 12.8 Å². The summed E-state index contributed by atoms with van der Waals surface area (Å²) in [5, 5.41) is 8.44. The van der Waals surface area contributed by atoms with Crippen molar-refractivity contribution in [2.24, 2.45) is 0 Å². The Hall–Kier alpha value is -0.660. The standard InChI is InChI=1S/C10H14O3S/c1-2-3-8-4-5-9(13-8)6-14-7-10(11)12/h1,8-9H,3-7H2,(H,11,12). The first-order chi connectivity index (χ1) is 6.72. The minimum absolute atomic E-state index is 0.152. The van der Waals surface area contributed by atoms with Gasteiger partial charge < -0.3 is 9.84 Å². The van der Waals surface area contributed by atoms with Gasteiger partial charge in [0.1, 0.15) is 0 Å². The Morgan fingerprint density at radius 1 is 1.57 bits per heavy atom. The second-order valence-corrected chi connectivity index (χ2v) is 4.30. The molecule has 3 nitrogen and oxygen atoms in total. The lowest BCUT2D eigenvalue weighted by atomic mass is 10.2. The van der Waals surface area contributed by atoms with E-state index in [1.807, 2.05) is 0 Å². The molecule has 0 aliphatic carbocycles. The van der Waals surface area contributed by atoms with Crippen LogP contribution in [-0.4, -0.2) is 34.8 Å². The highest BCUT2D eigenvalue weighted by molar-refractivity contribution is 7.99. The van der Waals surface area contributed by atoms with Crippen molar-refractivity contribution < 1.29 is 14.6 Å². The smallest absolute Gasteiger partial charge is 0.313 e. The number of rotatable bonds is 5. The van der Waals surface area contributed by atoms with E-state index in [2.05, 4.69) is 5.92 Å². The van der Waals surface area contributed by atoms with Gasteiger partial charge in [0, 0.05) is 12.2 Å². The quantitative estimate of drug-likeness (QED) is 0.702. The Morgan fingerprint density at radius 2 is 2.29 bits per heavy atom. The minimum Gasteiger partial charge on any atom is -0.481 e. The third kappa shape index (κ3) is 4.03. The van der Waals surface area contributed by atoms with Crippen LogP contribution in [0.4, 0.5) is 0 Å². The van der Waals surface area contributed by atoms with Gasteiger partial charge in [-0.2, -0.15) is 0 Å². The molecule has 2 unspecified atom stereocenters. The maximum Gasteiger partial charge on any atom is 0.313 e. The second-order valence-electron chi connectivity index (χ2n) is 3.27. The fourth-order valence-electron chi connectivity index (χ4n) is 1.46. The number of hydrogen-bond donors (Lipinski definition) is 1. The third-order valence-corrected chi connectivity index (χ3v) is 3.13. The summed E-state index contributed by atoms with van der Waals surface area (Å²) in [6.07, 6.45) is 8.23. The summed E-state index contributed by atoms with van der Waals surface area (Å²) < 4.78 is 5.63. The zero-order valence-electron chi connectivity index (χ0n) is 7.94. The van der Waals surface area contributed by atoms with E-state index < -0.39 is 5.97 Å². The molecule has 0 aromatic carbocycles. The molecule has 0 radical (unpaired) electrons. The average Bonchev–Trinajstić information content (AvgIpc) is 2.53. The Kier molecular flexibility index (Phi) is 4.85. The van der Waals surface area contributed by atoms with Crippen molar-refractivity contribution in [2.45, 2.75) is 31.5 Å². The van der Waals surface area contributed by atoms with Crippen molar-refractivity contribution in [1.29, 1.82) is 0 Å². The molecule has 0 aromatic rings. The zero-order chi connectivity index (χ0) is 10.4. The van der Waals surface area contributed by atoms with Gasteiger partial charge in [-0.25, -0.2) is 0 Å². The van der Waals surface area contributed by atoms with Gasteiger partial charge in [-0.15, -0.1) is 24.1 Å². The molecule has 0 aromatic heterocycles. The molecule has 1 aliphatic rings.